The maximum atomic E-state index is 13.1. The van der Waals surface area contributed by atoms with Crippen LogP contribution in [0.4, 0.5) is 15.8 Å². The number of hydrogen-bond acceptors (Lipinski definition) is 6. The van der Waals surface area contributed by atoms with Crippen LogP contribution in [0.25, 0.3) is 0 Å². The molecule has 0 atom stereocenters. The molecule has 2 aromatic rings. The minimum Gasteiger partial charge on any atom is -0.369 e. The number of nitrogens with one attached hydrogen (secondary N) is 2. The Morgan fingerprint density at radius 3 is 2.63 bits per heavy atom. The van der Waals surface area contributed by atoms with E-state index in [9.17, 15) is 4.39 Å². The number of halogens is 1. The first-order chi connectivity index (χ1) is 13.3. The van der Waals surface area contributed by atoms with Crippen molar-refractivity contribution < 1.29 is 4.39 Å². The van der Waals surface area contributed by atoms with Gasteiger partial charge in [0, 0.05) is 37.4 Å². The molecule has 1 saturated heterocycles. The van der Waals surface area contributed by atoms with E-state index >= 15 is 0 Å². The fourth-order valence-electron chi connectivity index (χ4n) is 3.86. The van der Waals surface area contributed by atoms with Crippen LogP contribution in [0.3, 0.4) is 0 Å². The highest BCUT2D eigenvalue weighted by atomic mass is 19.1. The van der Waals surface area contributed by atoms with Gasteiger partial charge in [-0.15, -0.1) is 0 Å². The van der Waals surface area contributed by atoms with Gasteiger partial charge >= 0.3 is 0 Å². The van der Waals surface area contributed by atoms with E-state index < -0.39 is 0 Å². The Hall–Kier alpha value is -2.93. The molecule has 0 bridgehead atoms. The molecule has 0 spiro atoms. The van der Waals surface area contributed by atoms with Crippen LogP contribution in [-0.4, -0.2) is 49.3 Å². The number of hydrogen-bond donors (Lipinski definition) is 2. The van der Waals surface area contributed by atoms with Gasteiger partial charge in [-0.05, 0) is 35.9 Å². The molecule has 6 nitrogen and oxygen atoms in total. The maximum Gasteiger partial charge on any atom is 0.161 e. The molecule has 0 saturated carbocycles. The normalized spacial score (nSPS) is 18.8. The van der Waals surface area contributed by atoms with Crippen molar-refractivity contribution in [2.45, 2.75) is 6.54 Å². The largest absolute Gasteiger partial charge is 0.369 e. The quantitative estimate of drug-likeness (QED) is 0.875. The van der Waals surface area contributed by atoms with Gasteiger partial charge in [0.2, 0.25) is 0 Å². The first-order valence-corrected chi connectivity index (χ1v) is 9.26. The predicted molar refractivity (Wildman–Crippen MR) is 105 cm³/mol. The molecule has 2 N–H and O–H groups in total. The Kier molecular flexibility index (Phi) is 4.01. The first kappa shape index (κ1) is 16.3. The van der Waals surface area contributed by atoms with E-state index in [-0.39, 0.29) is 5.82 Å². The minimum absolute atomic E-state index is 0.192. The number of aliphatic imine (C=N–C) groups is 1. The van der Waals surface area contributed by atoms with E-state index in [4.69, 9.17) is 4.99 Å². The van der Waals surface area contributed by atoms with Crippen LogP contribution in [0, 0.1) is 5.82 Å². The number of anilines is 1. The number of nitrogens with zero attached hydrogens (tertiary/aromatic N) is 4. The molecule has 0 radical (unpaired) electrons. The molecule has 3 aliphatic rings. The van der Waals surface area contributed by atoms with Crippen molar-refractivity contribution in [1.29, 1.82) is 0 Å². The molecule has 0 unspecified atom stereocenters. The Labute approximate surface area is 157 Å². The molecule has 0 aliphatic carbocycles. The Morgan fingerprint density at radius 2 is 1.81 bits per heavy atom. The van der Waals surface area contributed by atoms with E-state index in [1.54, 1.807) is 0 Å². The van der Waals surface area contributed by atoms with Crippen molar-refractivity contribution in [1.82, 2.24) is 15.6 Å². The van der Waals surface area contributed by atoms with Crippen LogP contribution in [0.1, 0.15) is 11.1 Å². The standard InChI is InChI=1S/C20H21FN6/c21-15-4-6-16(7-5-15)27-10-8-26(9-11-27)13-18-23-17-3-1-2-14-12-22-25-20(24-18)19(14)17/h1-7,22H,8-13H2,(H,23,24,25). The van der Waals surface area contributed by atoms with Crippen LogP contribution >= 0.6 is 0 Å². The summed E-state index contributed by atoms with van der Waals surface area (Å²) in [6, 6.07) is 12.9. The second-order valence-electron chi connectivity index (χ2n) is 7.03. The van der Waals surface area contributed by atoms with Gasteiger partial charge in [0.25, 0.3) is 0 Å². The summed E-state index contributed by atoms with van der Waals surface area (Å²) in [6.07, 6.45) is 0. The summed E-state index contributed by atoms with van der Waals surface area (Å²) in [5.74, 6) is 1.60. The van der Waals surface area contributed by atoms with E-state index in [1.807, 2.05) is 24.3 Å². The molecule has 5 rings (SSSR count). The second kappa shape index (κ2) is 6.66. The van der Waals surface area contributed by atoms with Gasteiger partial charge in [-0.2, -0.15) is 5.10 Å². The minimum atomic E-state index is -0.192. The number of piperazine rings is 1. The summed E-state index contributed by atoms with van der Waals surface area (Å²) in [5, 5.41) is 7.81. The number of rotatable bonds is 3. The molecule has 0 amide bonds. The van der Waals surface area contributed by atoms with Crippen molar-refractivity contribution in [2.24, 2.45) is 10.1 Å². The Balaban J connectivity index is 1.26. The maximum absolute atomic E-state index is 13.1. The zero-order valence-corrected chi connectivity index (χ0v) is 15.0. The lowest BCUT2D eigenvalue weighted by Crippen LogP contribution is -2.51. The predicted octanol–water partition coefficient (Wildman–Crippen LogP) is 2.05. The molecule has 7 heteroatoms. The Morgan fingerprint density at radius 1 is 1.00 bits per heavy atom. The SMILES string of the molecule is Fc1ccc(N2CCN(CC3=Nc4cccc5c4C(=NNC5)N3)CC2)cc1. The average molecular weight is 364 g/mol. The highest BCUT2D eigenvalue weighted by Gasteiger charge is 2.25. The molecule has 138 valence electrons. The van der Waals surface area contributed by atoms with Gasteiger partial charge in [0.05, 0.1) is 18.8 Å². The van der Waals surface area contributed by atoms with Crippen LogP contribution in [-0.2, 0) is 6.54 Å². The first-order valence-electron chi connectivity index (χ1n) is 9.26. The summed E-state index contributed by atoms with van der Waals surface area (Å²) in [7, 11) is 0. The van der Waals surface area contributed by atoms with E-state index in [1.165, 1.54) is 17.7 Å². The summed E-state index contributed by atoms with van der Waals surface area (Å²) in [5.41, 5.74) is 7.48. The second-order valence-corrected chi connectivity index (χ2v) is 7.03. The van der Waals surface area contributed by atoms with Gasteiger partial charge in [-0.1, -0.05) is 12.1 Å². The highest BCUT2D eigenvalue weighted by Crippen LogP contribution is 2.28. The topological polar surface area (TPSA) is 55.3 Å². The molecule has 27 heavy (non-hydrogen) atoms. The molecular formula is C20H21FN6. The molecule has 2 aromatic carbocycles. The molecule has 0 aromatic heterocycles. The van der Waals surface area contributed by atoms with Crippen molar-refractivity contribution in [3.05, 3.63) is 59.4 Å². The fourth-order valence-corrected chi connectivity index (χ4v) is 3.86. The third kappa shape index (κ3) is 3.14. The lowest BCUT2D eigenvalue weighted by atomic mass is 10.0. The zero-order valence-electron chi connectivity index (χ0n) is 15.0. The molecule has 3 aliphatic heterocycles. The van der Waals surface area contributed by atoms with Gasteiger partial charge in [-0.3, -0.25) is 4.90 Å². The van der Waals surface area contributed by atoms with E-state index in [0.29, 0.717) is 0 Å². The third-order valence-corrected chi connectivity index (χ3v) is 5.28. The summed E-state index contributed by atoms with van der Waals surface area (Å²) in [6.45, 7) is 5.22. The fraction of sp³-hybridized carbons (Fsp3) is 0.300. The van der Waals surface area contributed by atoms with Gasteiger partial charge in [0.15, 0.2) is 5.84 Å². The monoisotopic (exact) mass is 364 g/mol. The molecular weight excluding hydrogens is 343 g/mol. The van der Waals surface area contributed by atoms with Crippen LogP contribution in [0.5, 0.6) is 0 Å². The zero-order chi connectivity index (χ0) is 18.2. The van der Waals surface area contributed by atoms with Crippen molar-refractivity contribution >= 4 is 23.0 Å². The van der Waals surface area contributed by atoms with Crippen molar-refractivity contribution in [3.63, 3.8) is 0 Å². The smallest absolute Gasteiger partial charge is 0.161 e. The third-order valence-electron chi connectivity index (χ3n) is 5.28. The number of amidine groups is 2. The van der Waals surface area contributed by atoms with E-state index in [2.05, 4.69) is 31.7 Å². The van der Waals surface area contributed by atoms with Crippen LogP contribution in [0.15, 0.2) is 52.6 Å². The van der Waals surface area contributed by atoms with Gasteiger partial charge < -0.3 is 15.6 Å². The summed E-state index contributed by atoms with van der Waals surface area (Å²) >= 11 is 0. The van der Waals surface area contributed by atoms with Crippen molar-refractivity contribution in [3.8, 4) is 0 Å². The van der Waals surface area contributed by atoms with Crippen LogP contribution < -0.4 is 15.6 Å². The molecule has 3 heterocycles. The average Bonchev–Trinajstić information content (AvgIpc) is 2.70. The van der Waals surface area contributed by atoms with Crippen molar-refractivity contribution in [2.75, 3.05) is 37.6 Å². The molecule has 1 fully saturated rings. The number of benzene rings is 2. The lowest BCUT2D eigenvalue weighted by molar-refractivity contribution is 0.290. The Bertz CT molecular complexity index is 913. The highest BCUT2D eigenvalue weighted by molar-refractivity contribution is 6.16. The summed E-state index contributed by atoms with van der Waals surface area (Å²) < 4.78 is 13.1. The summed E-state index contributed by atoms with van der Waals surface area (Å²) in [4.78, 5) is 9.50. The van der Waals surface area contributed by atoms with E-state index in [0.717, 1.165) is 67.9 Å². The lowest BCUT2D eigenvalue weighted by Gasteiger charge is -2.36. The van der Waals surface area contributed by atoms with Gasteiger partial charge in [0.1, 0.15) is 11.7 Å². The number of hydrazone groups is 1. The van der Waals surface area contributed by atoms with Gasteiger partial charge in [-0.25, -0.2) is 9.38 Å². The van der Waals surface area contributed by atoms with Crippen LogP contribution in [0.2, 0.25) is 0 Å².